The maximum Gasteiger partial charge on any atom is 0.144 e. The Bertz CT molecular complexity index is 906. The molecule has 1 aliphatic carbocycles. The van der Waals surface area contributed by atoms with Crippen LogP contribution in [0.3, 0.4) is 0 Å². The first-order valence-corrected chi connectivity index (χ1v) is 10.4. The van der Waals surface area contributed by atoms with Crippen molar-refractivity contribution in [3.8, 4) is 6.07 Å². The predicted octanol–water partition coefficient (Wildman–Crippen LogP) is 7.14. The largest absolute Gasteiger partial charge is 0.207 e. The van der Waals surface area contributed by atoms with Crippen molar-refractivity contribution in [2.24, 2.45) is 5.92 Å². The fraction of sp³-hybridized carbons (Fsp3) is 0.400. The molecule has 0 atom stereocenters. The number of halogens is 4. The molecule has 3 rings (SSSR count). The lowest BCUT2D eigenvalue weighted by Gasteiger charge is -2.29. The Morgan fingerprint density at radius 3 is 1.93 bits per heavy atom. The maximum atomic E-state index is 14.6. The van der Waals surface area contributed by atoms with Gasteiger partial charge in [0.25, 0.3) is 0 Å². The van der Waals surface area contributed by atoms with Gasteiger partial charge in [-0.3, -0.25) is 0 Å². The van der Waals surface area contributed by atoms with Crippen LogP contribution < -0.4 is 0 Å². The van der Waals surface area contributed by atoms with E-state index in [1.165, 1.54) is 30.3 Å². The van der Waals surface area contributed by atoms with Gasteiger partial charge in [0.05, 0.1) is 0 Å². The molecule has 2 aromatic rings. The number of rotatable bonds is 7. The minimum atomic E-state index is -0.835. The molecule has 1 saturated carbocycles. The molecule has 0 N–H and O–H groups in total. The molecular formula is C25H25F4N. The van der Waals surface area contributed by atoms with Gasteiger partial charge in [-0.2, -0.15) is 5.26 Å². The van der Waals surface area contributed by atoms with Crippen LogP contribution in [-0.2, 0) is 12.8 Å². The SMILES string of the molecule is C=CCCc1cc(F)c(C2CCC(CCc3cc(F)c(C#N)c(F)c3)CC2)c(F)c1. The summed E-state index contributed by atoms with van der Waals surface area (Å²) in [7, 11) is 0. The van der Waals surface area contributed by atoms with E-state index >= 15 is 0 Å². The molecule has 30 heavy (non-hydrogen) atoms. The molecule has 0 heterocycles. The first-order chi connectivity index (χ1) is 14.4. The van der Waals surface area contributed by atoms with Crippen LogP contribution in [-0.4, -0.2) is 0 Å². The summed E-state index contributed by atoms with van der Waals surface area (Å²) in [6.07, 6.45) is 7.27. The van der Waals surface area contributed by atoms with Gasteiger partial charge in [0.15, 0.2) is 0 Å². The van der Waals surface area contributed by atoms with Gasteiger partial charge < -0.3 is 0 Å². The second kappa shape index (κ2) is 9.93. The van der Waals surface area contributed by atoms with Crippen molar-refractivity contribution in [1.29, 1.82) is 5.26 Å². The van der Waals surface area contributed by atoms with Gasteiger partial charge in [-0.25, -0.2) is 17.6 Å². The quantitative estimate of drug-likeness (QED) is 0.348. The van der Waals surface area contributed by atoms with E-state index in [2.05, 4.69) is 6.58 Å². The van der Waals surface area contributed by atoms with Crippen molar-refractivity contribution in [2.75, 3.05) is 0 Å². The van der Waals surface area contributed by atoms with Crippen LogP contribution >= 0.6 is 0 Å². The molecule has 1 aliphatic rings. The van der Waals surface area contributed by atoms with Gasteiger partial charge in [-0.1, -0.05) is 6.08 Å². The second-order valence-electron chi connectivity index (χ2n) is 8.10. The lowest BCUT2D eigenvalue weighted by atomic mass is 9.76. The summed E-state index contributed by atoms with van der Waals surface area (Å²) >= 11 is 0. The van der Waals surface area contributed by atoms with Crippen molar-refractivity contribution in [3.05, 3.63) is 82.4 Å². The third-order valence-electron chi connectivity index (χ3n) is 6.09. The smallest absolute Gasteiger partial charge is 0.144 e. The van der Waals surface area contributed by atoms with Crippen LogP contribution in [0.1, 0.15) is 66.7 Å². The summed E-state index contributed by atoms with van der Waals surface area (Å²) in [5.74, 6) is -2.40. The molecule has 1 nitrogen and oxygen atoms in total. The van der Waals surface area contributed by atoms with Crippen LogP contribution in [0.25, 0.3) is 0 Å². The van der Waals surface area contributed by atoms with E-state index in [0.29, 0.717) is 49.1 Å². The number of aryl methyl sites for hydroxylation is 2. The Morgan fingerprint density at radius 2 is 1.40 bits per heavy atom. The Labute approximate surface area is 175 Å². The monoisotopic (exact) mass is 415 g/mol. The number of hydrogen-bond acceptors (Lipinski definition) is 1. The molecule has 0 unspecified atom stereocenters. The minimum Gasteiger partial charge on any atom is -0.207 e. The van der Waals surface area contributed by atoms with Gasteiger partial charge in [0.2, 0.25) is 0 Å². The van der Waals surface area contributed by atoms with Crippen LogP contribution in [0.5, 0.6) is 0 Å². The lowest BCUT2D eigenvalue weighted by molar-refractivity contribution is 0.301. The fourth-order valence-corrected chi connectivity index (χ4v) is 4.43. The first kappa shape index (κ1) is 22.1. The standard InChI is InChI=1S/C25H25F4N/c1-2-3-4-17-13-23(28)25(24(29)14-17)19-9-7-16(8-10-19)5-6-18-11-21(26)20(15-30)22(27)12-18/h2,11-14,16,19H,1,3-10H2. The average molecular weight is 415 g/mol. The lowest BCUT2D eigenvalue weighted by Crippen LogP contribution is -2.16. The molecule has 0 bridgehead atoms. The third-order valence-corrected chi connectivity index (χ3v) is 6.09. The highest BCUT2D eigenvalue weighted by Crippen LogP contribution is 2.39. The molecule has 0 saturated heterocycles. The summed E-state index contributed by atoms with van der Waals surface area (Å²) < 4.78 is 56.6. The van der Waals surface area contributed by atoms with Gasteiger partial charge in [0.1, 0.15) is 34.9 Å². The highest BCUT2D eigenvalue weighted by molar-refractivity contribution is 5.35. The zero-order valence-corrected chi connectivity index (χ0v) is 16.9. The van der Waals surface area contributed by atoms with E-state index in [0.717, 1.165) is 19.3 Å². The van der Waals surface area contributed by atoms with Gasteiger partial charge in [0, 0.05) is 5.56 Å². The predicted molar refractivity (Wildman–Crippen MR) is 109 cm³/mol. The summed E-state index contributed by atoms with van der Waals surface area (Å²) in [6, 6.07) is 6.82. The molecule has 5 heteroatoms. The number of nitrogens with zero attached hydrogens (tertiary/aromatic N) is 1. The number of nitriles is 1. The zero-order chi connectivity index (χ0) is 21.7. The summed E-state index contributed by atoms with van der Waals surface area (Å²) in [6.45, 7) is 3.63. The minimum absolute atomic E-state index is 0.139. The van der Waals surface area contributed by atoms with E-state index in [1.807, 2.05) is 0 Å². The molecule has 2 aromatic carbocycles. The molecule has 1 fully saturated rings. The van der Waals surface area contributed by atoms with Crippen molar-refractivity contribution in [3.63, 3.8) is 0 Å². The van der Waals surface area contributed by atoms with Crippen molar-refractivity contribution >= 4 is 0 Å². The number of hydrogen-bond donors (Lipinski definition) is 0. The van der Waals surface area contributed by atoms with Crippen LogP contribution in [0.2, 0.25) is 0 Å². The van der Waals surface area contributed by atoms with Crippen molar-refractivity contribution < 1.29 is 17.6 Å². The third kappa shape index (κ3) is 5.11. The Balaban J connectivity index is 1.58. The summed E-state index contributed by atoms with van der Waals surface area (Å²) in [4.78, 5) is 0. The van der Waals surface area contributed by atoms with E-state index in [-0.39, 0.29) is 11.5 Å². The number of benzene rings is 2. The van der Waals surface area contributed by atoms with Crippen molar-refractivity contribution in [1.82, 2.24) is 0 Å². The van der Waals surface area contributed by atoms with E-state index in [4.69, 9.17) is 5.26 Å². The molecule has 158 valence electrons. The Kier molecular flexibility index (Phi) is 7.31. The summed E-state index contributed by atoms with van der Waals surface area (Å²) in [5.41, 5.74) is 0.799. The molecule has 0 spiro atoms. The van der Waals surface area contributed by atoms with Gasteiger partial charge >= 0.3 is 0 Å². The first-order valence-electron chi connectivity index (χ1n) is 10.4. The van der Waals surface area contributed by atoms with E-state index in [9.17, 15) is 17.6 Å². The van der Waals surface area contributed by atoms with Crippen LogP contribution in [0, 0.1) is 40.5 Å². The van der Waals surface area contributed by atoms with E-state index in [1.54, 1.807) is 6.08 Å². The molecule has 0 aromatic heterocycles. The average Bonchev–Trinajstić information content (AvgIpc) is 2.71. The second-order valence-corrected chi connectivity index (χ2v) is 8.10. The van der Waals surface area contributed by atoms with Gasteiger partial charge in [-0.15, -0.1) is 6.58 Å². The molecule has 0 radical (unpaired) electrons. The summed E-state index contributed by atoms with van der Waals surface area (Å²) in [5, 5.41) is 8.75. The molecule has 0 aliphatic heterocycles. The molecular weight excluding hydrogens is 390 g/mol. The molecule has 0 amide bonds. The van der Waals surface area contributed by atoms with Crippen LogP contribution in [0.15, 0.2) is 36.9 Å². The van der Waals surface area contributed by atoms with E-state index < -0.39 is 28.8 Å². The topological polar surface area (TPSA) is 23.8 Å². The normalized spacial score (nSPS) is 18.8. The fourth-order valence-electron chi connectivity index (χ4n) is 4.43. The maximum absolute atomic E-state index is 14.6. The van der Waals surface area contributed by atoms with Gasteiger partial charge in [-0.05, 0) is 98.6 Å². The van der Waals surface area contributed by atoms with Crippen LogP contribution in [0.4, 0.5) is 17.6 Å². The Hall–Kier alpha value is -2.61. The van der Waals surface area contributed by atoms with Crippen molar-refractivity contribution in [2.45, 2.75) is 57.3 Å². The zero-order valence-electron chi connectivity index (χ0n) is 16.9. The Morgan fingerprint density at radius 1 is 0.867 bits per heavy atom. The highest BCUT2D eigenvalue weighted by atomic mass is 19.1. The highest BCUT2D eigenvalue weighted by Gasteiger charge is 2.27. The number of allylic oxidation sites excluding steroid dienone is 1.